The number of nitrogens with two attached hydrogens (primary N) is 1. The Bertz CT molecular complexity index is 304. The maximum absolute atomic E-state index is 11.7. The van der Waals surface area contributed by atoms with Crippen molar-refractivity contribution in [3.63, 3.8) is 0 Å². The lowest BCUT2D eigenvalue weighted by atomic mass is 9.89. The van der Waals surface area contributed by atoms with Gasteiger partial charge in [-0.25, -0.2) is 0 Å². The van der Waals surface area contributed by atoms with Gasteiger partial charge >= 0.3 is 0 Å². The van der Waals surface area contributed by atoms with E-state index in [1.165, 1.54) is 0 Å². The van der Waals surface area contributed by atoms with Crippen LogP contribution in [0, 0.1) is 5.41 Å². The second-order valence-electron chi connectivity index (χ2n) is 5.31. The van der Waals surface area contributed by atoms with E-state index >= 15 is 0 Å². The Labute approximate surface area is 109 Å². The van der Waals surface area contributed by atoms with Crippen molar-refractivity contribution >= 4 is 23.1 Å². The number of carbonyl (C=O) groups is 1. The van der Waals surface area contributed by atoms with Crippen molar-refractivity contribution < 1.29 is 4.79 Å². The summed E-state index contributed by atoms with van der Waals surface area (Å²) in [6.45, 7) is 5.98. The molecule has 1 atom stereocenters. The van der Waals surface area contributed by atoms with Crippen molar-refractivity contribution in [1.29, 1.82) is 0 Å². The quantitative estimate of drug-likeness (QED) is 0.719. The highest BCUT2D eigenvalue weighted by Crippen LogP contribution is 2.24. The monoisotopic (exact) mass is 257 g/mol. The smallest absolute Gasteiger partial charge is 0.237 e. The van der Waals surface area contributed by atoms with E-state index < -0.39 is 0 Å². The van der Waals surface area contributed by atoms with Crippen LogP contribution in [0.1, 0.15) is 33.1 Å². The van der Waals surface area contributed by atoms with E-state index in [4.69, 9.17) is 18.0 Å². The van der Waals surface area contributed by atoms with E-state index in [0.717, 1.165) is 32.4 Å². The summed E-state index contributed by atoms with van der Waals surface area (Å²) in [6, 6.07) is 0.0298. The second-order valence-corrected chi connectivity index (χ2v) is 5.75. The Morgan fingerprint density at radius 1 is 1.59 bits per heavy atom. The van der Waals surface area contributed by atoms with Gasteiger partial charge in [-0.3, -0.25) is 9.69 Å². The van der Waals surface area contributed by atoms with Gasteiger partial charge in [-0.15, -0.1) is 0 Å². The van der Waals surface area contributed by atoms with Gasteiger partial charge in [-0.05, 0) is 32.4 Å². The van der Waals surface area contributed by atoms with Crippen molar-refractivity contribution in [3.05, 3.63) is 0 Å². The number of rotatable bonds is 5. The van der Waals surface area contributed by atoms with Crippen LogP contribution in [0.2, 0.25) is 0 Å². The molecule has 98 valence electrons. The number of nitrogens with zero attached hydrogens (tertiary/aromatic N) is 1. The minimum absolute atomic E-state index is 0.0298. The maximum Gasteiger partial charge on any atom is 0.237 e. The first-order valence-corrected chi connectivity index (χ1v) is 6.55. The summed E-state index contributed by atoms with van der Waals surface area (Å²) in [4.78, 5) is 14.5. The Hall–Kier alpha value is -0.680. The summed E-state index contributed by atoms with van der Waals surface area (Å²) >= 11 is 5.06. The minimum Gasteiger partial charge on any atom is -0.393 e. The van der Waals surface area contributed by atoms with E-state index in [2.05, 4.69) is 24.1 Å². The first-order valence-electron chi connectivity index (χ1n) is 6.14. The molecule has 1 fully saturated rings. The zero-order chi connectivity index (χ0) is 13.1. The third-order valence-electron chi connectivity index (χ3n) is 3.60. The van der Waals surface area contributed by atoms with E-state index in [-0.39, 0.29) is 17.4 Å². The summed E-state index contributed by atoms with van der Waals surface area (Å²) in [5.74, 6) is 0.121. The molecule has 0 saturated carbocycles. The highest BCUT2D eigenvalue weighted by molar-refractivity contribution is 7.80. The lowest BCUT2D eigenvalue weighted by molar-refractivity contribution is -0.125. The molecule has 0 radical (unpaired) electrons. The van der Waals surface area contributed by atoms with Crippen molar-refractivity contribution in [2.75, 3.05) is 20.1 Å². The van der Waals surface area contributed by atoms with Gasteiger partial charge in [-0.2, -0.15) is 0 Å². The van der Waals surface area contributed by atoms with Gasteiger partial charge in [-0.1, -0.05) is 26.1 Å². The standard InChI is InChI=1S/C12H23N3OS/c1-12(2,11(13)17)6-8-15-7-4-5-9(15)10(16)14-3/h9H,4-8H2,1-3H3,(H2,13,17)(H,14,16). The molecule has 1 aliphatic heterocycles. The zero-order valence-corrected chi connectivity index (χ0v) is 11.8. The lowest BCUT2D eigenvalue weighted by Crippen LogP contribution is -2.44. The maximum atomic E-state index is 11.7. The molecule has 0 aromatic heterocycles. The van der Waals surface area contributed by atoms with Gasteiger partial charge < -0.3 is 11.1 Å². The number of nitrogens with one attached hydrogen (secondary N) is 1. The van der Waals surface area contributed by atoms with E-state index in [1.54, 1.807) is 7.05 Å². The van der Waals surface area contributed by atoms with Crippen LogP contribution in [-0.2, 0) is 4.79 Å². The summed E-state index contributed by atoms with van der Waals surface area (Å²) in [5.41, 5.74) is 5.58. The molecule has 1 rings (SSSR count). The van der Waals surface area contributed by atoms with Crippen LogP contribution >= 0.6 is 12.2 Å². The Balaban J connectivity index is 2.51. The van der Waals surface area contributed by atoms with Crippen molar-refractivity contribution in [2.24, 2.45) is 11.1 Å². The van der Waals surface area contributed by atoms with Crippen LogP contribution < -0.4 is 11.1 Å². The molecule has 0 spiro atoms. The van der Waals surface area contributed by atoms with Crippen LogP contribution in [-0.4, -0.2) is 42.0 Å². The molecule has 0 aromatic carbocycles. The fourth-order valence-corrected chi connectivity index (χ4v) is 2.21. The van der Waals surface area contributed by atoms with Crippen LogP contribution in [0.25, 0.3) is 0 Å². The first-order chi connectivity index (χ1) is 7.88. The normalized spacial score (nSPS) is 21.5. The van der Waals surface area contributed by atoms with Crippen molar-refractivity contribution in [1.82, 2.24) is 10.2 Å². The number of likely N-dealkylation sites (tertiary alicyclic amines) is 1. The fraction of sp³-hybridized carbons (Fsp3) is 0.833. The molecule has 0 aromatic rings. The topological polar surface area (TPSA) is 58.4 Å². The first kappa shape index (κ1) is 14.4. The molecule has 0 bridgehead atoms. The van der Waals surface area contributed by atoms with Gasteiger partial charge in [0, 0.05) is 12.5 Å². The Morgan fingerprint density at radius 3 is 2.76 bits per heavy atom. The van der Waals surface area contributed by atoms with E-state index in [1.807, 2.05) is 0 Å². The van der Waals surface area contributed by atoms with E-state index in [0.29, 0.717) is 4.99 Å². The zero-order valence-electron chi connectivity index (χ0n) is 11.0. The molecular weight excluding hydrogens is 234 g/mol. The molecule has 5 heteroatoms. The number of thiocarbonyl (C=S) groups is 1. The number of amides is 1. The minimum atomic E-state index is -0.134. The third kappa shape index (κ3) is 3.64. The van der Waals surface area contributed by atoms with Crippen LogP contribution in [0.3, 0.4) is 0 Å². The highest BCUT2D eigenvalue weighted by Gasteiger charge is 2.31. The number of likely N-dealkylation sites (N-methyl/N-ethyl adjacent to an activating group) is 1. The van der Waals surface area contributed by atoms with Crippen molar-refractivity contribution in [2.45, 2.75) is 39.2 Å². The van der Waals surface area contributed by atoms with Crippen LogP contribution in [0.4, 0.5) is 0 Å². The van der Waals surface area contributed by atoms with Crippen LogP contribution in [0.15, 0.2) is 0 Å². The highest BCUT2D eigenvalue weighted by atomic mass is 32.1. The summed E-state index contributed by atoms with van der Waals surface area (Å²) in [6.07, 6.45) is 2.94. The summed E-state index contributed by atoms with van der Waals surface area (Å²) in [7, 11) is 1.69. The largest absolute Gasteiger partial charge is 0.393 e. The molecule has 1 heterocycles. The molecule has 1 aliphatic rings. The molecular formula is C12H23N3OS. The van der Waals surface area contributed by atoms with Gasteiger partial charge in [0.05, 0.1) is 11.0 Å². The fourth-order valence-electron chi connectivity index (χ4n) is 2.10. The average molecular weight is 257 g/mol. The molecule has 1 saturated heterocycles. The Morgan fingerprint density at radius 2 is 2.24 bits per heavy atom. The average Bonchev–Trinajstić information content (AvgIpc) is 2.73. The number of hydrogen-bond donors (Lipinski definition) is 2. The van der Waals surface area contributed by atoms with Gasteiger partial charge in [0.2, 0.25) is 5.91 Å². The number of hydrogen-bond acceptors (Lipinski definition) is 3. The SMILES string of the molecule is CNC(=O)C1CCCN1CCC(C)(C)C(N)=S. The molecule has 3 N–H and O–H groups in total. The van der Waals surface area contributed by atoms with Crippen LogP contribution in [0.5, 0.6) is 0 Å². The Kier molecular flexibility index (Phi) is 4.89. The third-order valence-corrected chi connectivity index (χ3v) is 4.16. The van der Waals surface area contributed by atoms with Gasteiger partial charge in [0.15, 0.2) is 0 Å². The molecule has 0 aliphatic carbocycles. The summed E-state index contributed by atoms with van der Waals surface area (Å²) in [5, 5.41) is 2.73. The van der Waals surface area contributed by atoms with Gasteiger partial charge in [0.25, 0.3) is 0 Å². The molecule has 17 heavy (non-hydrogen) atoms. The van der Waals surface area contributed by atoms with E-state index in [9.17, 15) is 4.79 Å². The summed E-state index contributed by atoms with van der Waals surface area (Å²) < 4.78 is 0. The predicted octanol–water partition coefficient (Wildman–Crippen LogP) is 0.899. The second kappa shape index (κ2) is 5.78. The van der Waals surface area contributed by atoms with Crippen molar-refractivity contribution in [3.8, 4) is 0 Å². The molecule has 4 nitrogen and oxygen atoms in total. The molecule has 1 amide bonds. The lowest BCUT2D eigenvalue weighted by Gasteiger charge is -2.29. The number of carbonyl (C=O) groups excluding carboxylic acids is 1. The van der Waals surface area contributed by atoms with Gasteiger partial charge in [0.1, 0.15) is 0 Å². The molecule has 1 unspecified atom stereocenters. The predicted molar refractivity (Wildman–Crippen MR) is 73.8 cm³/mol.